The van der Waals surface area contributed by atoms with Crippen molar-refractivity contribution in [2.75, 3.05) is 36.8 Å². The van der Waals surface area contributed by atoms with E-state index in [-0.39, 0.29) is 37.8 Å². The summed E-state index contributed by atoms with van der Waals surface area (Å²) in [4.78, 5) is 37.7. The van der Waals surface area contributed by atoms with Crippen LogP contribution in [0.3, 0.4) is 0 Å². The normalized spacial score (nSPS) is 14.5. The number of pyridine rings is 2. The third-order valence-corrected chi connectivity index (χ3v) is 6.10. The average molecular weight is 552 g/mol. The molecule has 11 heteroatoms. The van der Waals surface area contributed by atoms with E-state index in [0.29, 0.717) is 36.3 Å². The van der Waals surface area contributed by atoms with Gasteiger partial charge in [0.05, 0.1) is 16.7 Å². The van der Waals surface area contributed by atoms with E-state index in [1.54, 1.807) is 24.3 Å². The van der Waals surface area contributed by atoms with E-state index in [2.05, 4.69) is 25.9 Å². The number of carbonyl (C=O) groups is 2. The molecule has 0 spiro atoms. The third-order valence-electron chi connectivity index (χ3n) is 5.67. The van der Waals surface area contributed by atoms with E-state index >= 15 is 0 Å². The van der Waals surface area contributed by atoms with E-state index in [9.17, 15) is 22.8 Å². The molecule has 2 aromatic heterocycles. The van der Waals surface area contributed by atoms with Gasteiger partial charge in [-0.3, -0.25) is 9.59 Å². The first-order valence-corrected chi connectivity index (χ1v) is 11.6. The SMILES string of the molecule is Nc1ncc(Br)cc1C(=O)c1cccc(N2CCCN(C(=O)c3ccccc3C(F)(F)F)CC2)n1.[HH].[HH]. The van der Waals surface area contributed by atoms with Crippen molar-refractivity contribution >= 4 is 39.3 Å². The summed E-state index contributed by atoms with van der Waals surface area (Å²) in [5, 5.41) is 0. The van der Waals surface area contributed by atoms with Crippen molar-refractivity contribution in [2.45, 2.75) is 12.6 Å². The summed E-state index contributed by atoms with van der Waals surface area (Å²) in [5.41, 5.74) is 4.96. The third kappa shape index (κ3) is 5.45. The molecule has 0 aliphatic carbocycles. The number of aromatic nitrogens is 2. The molecule has 0 saturated carbocycles. The number of alkyl halides is 3. The van der Waals surface area contributed by atoms with Gasteiger partial charge in [0, 0.05) is 39.7 Å². The van der Waals surface area contributed by atoms with Gasteiger partial charge in [0.1, 0.15) is 17.3 Å². The maximum Gasteiger partial charge on any atom is 0.417 e. The molecule has 7 nitrogen and oxygen atoms in total. The van der Waals surface area contributed by atoms with Crippen LogP contribution in [0.5, 0.6) is 0 Å². The number of anilines is 2. The smallest absolute Gasteiger partial charge is 0.383 e. The topological polar surface area (TPSA) is 92.4 Å². The number of nitrogens with zero attached hydrogens (tertiary/aromatic N) is 4. The lowest BCUT2D eigenvalue weighted by Gasteiger charge is -2.24. The van der Waals surface area contributed by atoms with Gasteiger partial charge in [-0.25, -0.2) is 9.97 Å². The fourth-order valence-corrected chi connectivity index (χ4v) is 4.26. The number of hydrogen-bond donors (Lipinski definition) is 1. The second-order valence-electron chi connectivity index (χ2n) is 7.97. The number of benzene rings is 1. The molecule has 0 bridgehead atoms. The first-order valence-electron chi connectivity index (χ1n) is 10.8. The van der Waals surface area contributed by atoms with Crippen molar-refractivity contribution in [2.24, 2.45) is 0 Å². The van der Waals surface area contributed by atoms with Crippen LogP contribution in [0.4, 0.5) is 24.8 Å². The Morgan fingerprint density at radius 3 is 2.54 bits per heavy atom. The van der Waals surface area contributed by atoms with Gasteiger partial charge in [-0.1, -0.05) is 18.2 Å². The number of nitrogens with two attached hydrogens (primary N) is 1. The van der Waals surface area contributed by atoms with Crippen LogP contribution in [-0.4, -0.2) is 52.7 Å². The molecule has 35 heavy (non-hydrogen) atoms. The van der Waals surface area contributed by atoms with Crippen LogP contribution in [0, 0.1) is 0 Å². The number of halogens is 4. The lowest BCUT2D eigenvalue weighted by Crippen LogP contribution is -2.36. The monoisotopic (exact) mass is 551 g/mol. The summed E-state index contributed by atoms with van der Waals surface area (Å²) in [5.74, 6) is -0.418. The minimum absolute atomic E-state index is 0. The second-order valence-corrected chi connectivity index (χ2v) is 8.89. The Kier molecular flexibility index (Phi) is 7.06. The predicted molar refractivity (Wildman–Crippen MR) is 132 cm³/mol. The molecule has 1 amide bonds. The minimum atomic E-state index is -4.62. The molecule has 0 unspecified atom stereocenters. The first-order chi connectivity index (χ1) is 16.6. The number of ketones is 1. The molecule has 2 N–H and O–H groups in total. The van der Waals surface area contributed by atoms with Crippen molar-refractivity contribution in [3.05, 3.63) is 81.6 Å². The number of amides is 1. The van der Waals surface area contributed by atoms with Crippen LogP contribution in [0.2, 0.25) is 0 Å². The fraction of sp³-hybridized carbons (Fsp3) is 0.250. The van der Waals surface area contributed by atoms with E-state index in [1.807, 2.05) is 4.90 Å². The quantitative estimate of drug-likeness (QED) is 0.463. The Morgan fingerprint density at radius 2 is 1.77 bits per heavy atom. The van der Waals surface area contributed by atoms with Crippen LogP contribution in [0.15, 0.2) is 59.2 Å². The maximum absolute atomic E-state index is 13.4. The Hall–Kier alpha value is -3.47. The van der Waals surface area contributed by atoms with Gasteiger partial charge < -0.3 is 15.5 Å². The number of nitrogen functional groups attached to an aromatic ring is 1. The van der Waals surface area contributed by atoms with Crippen molar-refractivity contribution in [3.63, 3.8) is 0 Å². The number of rotatable bonds is 4. The molecule has 4 rings (SSSR count). The van der Waals surface area contributed by atoms with Gasteiger partial charge in [0.15, 0.2) is 0 Å². The average Bonchev–Trinajstić information content (AvgIpc) is 3.11. The Morgan fingerprint density at radius 1 is 1.00 bits per heavy atom. The molecule has 1 aliphatic heterocycles. The van der Waals surface area contributed by atoms with Crippen molar-refractivity contribution in [1.82, 2.24) is 14.9 Å². The highest BCUT2D eigenvalue weighted by atomic mass is 79.9. The summed E-state index contributed by atoms with van der Waals surface area (Å²) in [6, 6.07) is 11.4. The van der Waals surface area contributed by atoms with Gasteiger partial charge >= 0.3 is 6.18 Å². The van der Waals surface area contributed by atoms with E-state index in [1.165, 1.54) is 29.3 Å². The summed E-state index contributed by atoms with van der Waals surface area (Å²) in [7, 11) is 0. The van der Waals surface area contributed by atoms with Crippen LogP contribution >= 0.6 is 15.9 Å². The van der Waals surface area contributed by atoms with Crippen LogP contribution in [-0.2, 0) is 6.18 Å². The zero-order valence-corrected chi connectivity index (χ0v) is 20.0. The second kappa shape index (κ2) is 10.0. The Bertz CT molecular complexity index is 1280. The summed E-state index contributed by atoms with van der Waals surface area (Å²) in [6.45, 7) is 1.40. The molecule has 1 aromatic carbocycles. The minimum Gasteiger partial charge on any atom is -0.383 e. The molecule has 1 saturated heterocycles. The molecule has 186 valence electrons. The van der Waals surface area contributed by atoms with E-state index in [4.69, 9.17) is 5.73 Å². The molecular weight excluding hydrogens is 527 g/mol. The molecule has 1 aliphatic rings. The zero-order valence-electron chi connectivity index (χ0n) is 18.4. The highest BCUT2D eigenvalue weighted by molar-refractivity contribution is 9.10. The Labute approximate surface area is 210 Å². The van der Waals surface area contributed by atoms with E-state index in [0.717, 1.165) is 6.07 Å². The zero-order chi connectivity index (χ0) is 25.2. The van der Waals surface area contributed by atoms with Crippen molar-refractivity contribution in [3.8, 4) is 0 Å². The number of hydrogen-bond acceptors (Lipinski definition) is 6. The predicted octanol–water partition coefficient (Wildman–Crippen LogP) is 4.92. The van der Waals surface area contributed by atoms with E-state index < -0.39 is 17.6 Å². The molecule has 0 atom stereocenters. The highest BCUT2D eigenvalue weighted by Crippen LogP contribution is 2.32. The highest BCUT2D eigenvalue weighted by Gasteiger charge is 2.36. The molecule has 3 aromatic rings. The summed E-state index contributed by atoms with van der Waals surface area (Å²) >= 11 is 3.28. The lowest BCUT2D eigenvalue weighted by atomic mass is 10.1. The van der Waals surface area contributed by atoms with Gasteiger partial charge in [-0.2, -0.15) is 13.2 Å². The maximum atomic E-state index is 13.4. The van der Waals surface area contributed by atoms with Gasteiger partial charge in [0.2, 0.25) is 5.78 Å². The van der Waals surface area contributed by atoms with Crippen molar-refractivity contribution < 1.29 is 25.6 Å². The standard InChI is InChI=1S/C24H21BrF3N5O2.2H2/c25-15-13-17(22(29)30-14-15)21(34)19-7-3-8-20(31-19)32-9-4-10-33(12-11-32)23(35)16-5-1-2-6-18(16)24(26,27)28;;/h1-3,5-8,13-14H,4,9-12H2,(H2,29,30);2*1H. The van der Waals surface area contributed by atoms with Gasteiger partial charge in [-0.15, -0.1) is 0 Å². The Balaban J connectivity index is 0.00000241. The fourth-order valence-electron chi connectivity index (χ4n) is 3.93. The summed E-state index contributed by atoms with van der Waals surface area (Å²) in [6.07, 6.45) is -2.59. The van der Waals surface area contributed by atoms with Crippen LogP contribution in [0.25, 0.3) is 0 Å². The molecule has 3 heterocycles. The number of carbonyl (C=O) groups excluding carboxylic acids is 2. The first kappa shape index (κ1) is 24.6. The largest absolute Gasteiger partial charge is 0.417 e. The molecule has 0 radical (unpaired) electrons. The lowest BCUT2D eigenvalue weighted by molar-refractivity contribution is -0.138. The van der Waals surface area contributed by atoms with Gasteiger partial charge in [0.25, 0.3) is 5.91 Å². The van der Waals surface area contributed by atoms with Crippen LogP contribution in [0.1, 0.15) is 41.2 Å². The molecule has 1 fully saturated rings. The summed E-state index contributed by atoms with van der Waals surface area (Å²) < 4.78 is 40.8. The van der Waals surface area contributed by atoms with Gasteiger partial charge in [-0.05, 0) is 52.7 Å². The molecular formula is C24H25BrF3N5O2. The van der Waals surface area contributed by atoms with Crippen molar-refractivity contribution in [1.29, 1.82) is 0 Å². The van der Waals surface area contributed by atoms with Crippen LogP contribution < -0.4 is 10.6 Å².